The molecule has 0 radical (unpaired) electrons. The van der Waals surface area contributed by atoms with E-state index < -0.39 is 0 Å². The molecular formula is C13H13N5OS. The molecule has 2 heterocycles. The summed E-state index contributed by atoms with van der Waals surface area (Å²) in [4.78, 5) is 22.7. The third-order valence-electron chi connectivity index (χ3n) is 2.55. The highest BCUT2D eigenvalue weighted by Crippen LogP contribution is 2.28. The zero-order valence-corrected chi connectivity index (χ0v) is 11.7. The highest BCUT2D eigenvalue weighted by molar-refractivity contribution is 7.99. The van der Waals surface area contributed by atoms with Gasteiger partial charge in [-0.1, -0.05) is 13.3 Å². The molecule has 0 aliphatic heterocycles. The number of pyridine rings is 1. The molecule has 0 atom stereocenters. The number of hydrogen-bond acceptors (Lipinski definition) is 6. The SMILES string of the molecule is CCCc1cc(=O)[nH]c(Sc2nccc(C#N)c2N)n1. The molecule has 3 N–H and O–H groups in total. The first-order chi connectivity index (χ1) is 9.63. The number of hydrogen-bond donors (Lipinski definition) is 2. The summed E-state index contributed by atoms with van der Waals surface area (Å²) < 4.78 is 0. The second kappa shape index (κ2) is 6.21. The summed E-state index contributed by atoms with van der Waals surface area (Å²) in [5.41, 5.74) is 7.02. The minimum absolute atomic E-state index is 0.207. The summed E-state index contributed by atoms with van der Waals surface area (Å²) in [6, 6.07) is 5.02. The second-order valence-corrected chi connectivity index (χ2v) is 5.06. The summed E-state index contributed by atoms with van der Waals surface area (Å²) in [6.45, 7) is 2.02. The van der Waals surface area contributed by atoms with Gasteiger partial charge in [0.1, 0.15) is 11.1 Å². The van der Waals surface area contributed by atoms with Gasteiger partial charge in [0.15, 0.2) is 5.16 Å². The Balaban J connectivity index is 2.35. The minimum Gasteiger partial charge on any atom is -0.395 e. The van der Waals surface area contributed by atoms with Crippen molar-refractivity contribution >= 4 is 17.4 Å². The van der Waals surface area contributed by atoms with Gasteiger partial charge in [-0.05, 0) is 24.2 Å². The van der Waals surface area contributed by atoms with Gasteiger partial charge < -0.3 is 10.7 Å². The van der Waals surface area contributed by atoms with Crippen LogP contribution in [0.25, 0.3) is 0 Å². The first kappa shape index (κ1) is 14.1. The van der Waals surface area contributed by atoms with E-state index in [0.29, 0.717) is 21.4 Å². The topological polar surface area (TPSA) is 108 Å². The van der Waals surface area contributed by atoms with Gasteiger partial charge in [-0.3, -0.25) is 4.79 Å². The largest absolute Gasteiger partial charge is 0.395 e. The first-order valence-electron chi connectivity index (χ1n) is 6.06. The molecule has 2 rings (SSSR count). The fourth-order valence-corrected chi connectivity index (χ4v) is 2.47. The fraction of sp³-hybridized carbons (Fsp3) is 0.231. The van der Waals surface area contributed by atoms with Crippen LogP contribution in [0.3, 0.4) is 0 Å². The Bertz CT molecular complexity index is 719. The maximum Gasteiger partial charge on any atom is 0.251 e. The van der Waals surface area contributed by atoms with E-state index in [2.05, 4.69) is 15.0 Å². The van der Waals surface area contributed by atoms with Gasteiger partial charge in [-0.25, -0.2) is 9.97 Å². The van der Waals surface area contributed by atoms with Crippen molar-refractivity contribution in [1.82, 2.24) is 15.0 Å². The lowest BCUT2D eigenvalue weighted by atomic mass is 10.2. The Morgan fingerprint density at radius 2 is 2.35 bits per heavy atom. The van der Waals surface area contributed by atoms with Crippen LogP contribution >= 0.6 is 11.8 Å². The number of nitrogens with zero attached hydrogens (tertiary/aromatic N) is 3. The van der Waals surface area contributed by atoms with Crippen molar-refractivity contribution in [1.29, 1.82) is 5.26 Å². The third kappa shape index (κ3) is 3.16. The van der Waals surface area contributed by atoms with Gasteiger partial charge in [0.2, 0.25) is 0 Å². The molecule has 0 aromatic carbocycles. The Labute approximate surface area is 120 Å². The van der Waals surface area contributed by atoms with Crippen molar-refractivity contribution in [3.63, 3.8) is 0 Å². The Morgan fingerprint density at radius 3 is 3.05 bits per heavy atom. The van der Waals surface area contributed by atoms with Crippen molar-refractivity contribution in [3.05, 3.63) is 39.9 Å². The van der Waals surface area contributed by atoms with Crippen LogP contribution < -0.4 is 11.3 Å². The number of aromatic amines is 1. The van der Waals surface area contributed by atoms with E-state index in [1.807, 2.05) is 13.0 Å². The van der Waals surface area contributed by atoms with Crippen LogP contribution in [0.1, 0.15) is 24.6 Å². The number of H-pyrrole nitrogens is 1. The molecular weight excluding hydrogens is 274 g/mol. The molecule has 6 nitrogen and oxygen atoms in total. The summed E-state index contributed by atoms with van der Waals surface area (Å²) in [6.07, 6.45) is 3.15. The van der Waals surface area contributed by atoms with Crippen LogP contribution in [-0.4, -0.2) is 15.0 Å². The quantitative estimate of drug-likeness (QED) is 0.829. The Hall–Kier alpha value is -2.33. The lowest BCUT2D eigenvalue weighted by Crippen LogP contribution is -2.10. The van der Waals surface area contributed by atoms with Crippen molar-refractivity contribution in [2.45, 2.75) is 29.9 Å². The summed E-state index contributed by atoms with van der Waals surface area (Å²) in [7, 11) is 0. The molecule has 0 amide bonds. The molecule has 0 spiro atoms. The van der Waals surface area contributed by atoms with Crippen LogP contribution in [-0.2, 0) is 6.42 Å². The van der Waals surface area contributed by atoms with Gasteiger partial charge >= 0.3 is 0 Å². The lowest BCUT2D eigenvalue weighted by Gasteiger charge is -2.05. The molecule has 0 saturated carbocycles. The predicted molar refractivity (Wildman–Crippen MR) is 76.3 cm³/mol. The van der Waals surface area contributed by atoms with Crippen LogP contribution in [0.2, 0.25) is 0 Å². The van der Waals surface area contributed by atoms with Crippen LogP contribution in [0.15, 0.2) is 33.3 Å². The van der Waals surface area contributed by atoms with Gasteiger partial charge in [0.05, 0.1) is 11.3 Å². The van der Waals surface area contributed by atoms with Crippen LogP contribution in [0, 0.1) is 11.3 Å². The standard InChI is InChI=1S/C13H13N5OS/c1-2-3-9-6-10(19)18-13(17-9)20-12-11(15)8(7-14)4-5-16-12/h4-6H,2-3,15H2,1H3,(H,17,18,19). The van der Waals surface area contributed by atoms with Crippen LogP contribution in [0.5, 0.6) is 0 Å². The molecule has 20 heavy (non-hydrogen) atoms. The first-order valence-corrected chi connectivity index (χ1v) is 6.88. The zero-order chi connectivity index (χ0) is 14.5. The summed E-state index contributed by atoms with van der Waals surface area (Å²) in [5, 5.41) is 9.81. The molecule has 0 unspecified atom stereocenters. The number of nitrogens with one attached hydrogen (secondary N) is 1. The van der Waals surface area contributed by atoms with E-state index >= 15 is 0 Å². The van der Waals surface area contributed by atoms with Crippen molar-refractivity contribution in [2.75, 3.05) is 5.73 Å². The van der Waals surface area contributed by atoms with E-state index in [4.69, 9.17) is 11.0 Å². The van der Waals surface area contributed by atoms with Gasteiger partial charge in [-0.15, -0.1) is 0 Å². The predicted octanol–water partition coefficient (Wildman–Crippen LogP) is 1.72. The molecule has 0 fully saturated rings. The van der Waals surface area contributed by atoms with E-state index in [1.54, 1.807) is 6.07 Å². The minimum atomic E-state index is -0.207. The van der Waals surface area contributed by atoms with Gasteiger partial charge in [0.25, 0.3) is 5.56 Å². The van der Waals surface area contributed by atoms with Crippen molar-refractivity contribution in [3.8, 4) is 6.07 Å². The maximum atomic E-state index is 11.6. The monoisotopic (exact) mass is 287 g/mol. The summed E-state index contributed by atoms with van der Waals surface area (Å²) >= 11 is 1.14. The zero-order valence-electron chi connectivity index (χ0n) is 10.9. The molecule has 0 aliphatic carbocycles. The molecule has 0 saturated heterocycles. The molecule has 0 bridgehead atoms. The Kier molecular flexibility index (Phi) is 4.38. The molecule has 102 valence electrons. The number of nitrogens with two attached hydrogens (primary N) is 1. The molecule has 2 aromatic rings. The van der Waals surface area contributed by atoms with Crippen LogP contribution in [0.4, 0.5) is 5.69 Å². The number of aryl methyl sites for hydroxylation is 1. The fourth-order valence-electron chi connectivity index (χ4n) is 1.64. The van der Waals surface area contributed by atoms with Gasteiger partial charge in [-0.2, -0.15) is 5.26 Å². The van der Waals surface area contributed by atoms with Gasteiger partial charge in [0, 0.05) is 18.0 Å². The van der Waals surface area contributed by atoms with E-state index in [1.165, 1.54) is 12.3 Å². The third-order valence-corrected chi connectivity index (χ3v) is 3.45. The van der Waals surface area contributed by atoms with E-state index in [-0.39, 0.29) is 5.56 Å². The number of aromatic nitrogens is 3. The van der Waals surface area contributed by atoms with Crippen molar-refractivity contribution in [2.24, 2.45) is 0 Å². The highest BCUT2D eigenvalue weighted by atomic mass is 32.2. The van der Waals surface area contributed by atoms with E-state index in [9.17, 15) is 4.79 Å². The number of rotatable bonds is 4. The molecule has 0 aliphatic rings. The normalized spacial score (nSPS) is 10.2. The number of nitrogen functional groups attached to an aromatic ring is 1. The average Bonchev–Trinajstić information content (AvgIpc) is 2.41. The molecule has 7 heteroatoms. The van der Waals surface area contributed by atoms with E-state index in [0.717, 1.165) is 30.3 Å². The summed E-state index contributed by atoms with van der Waals surface area (Å²) in [5.74, 6) is 0. The number of nitriles is 1. The molecule has 2 aromatic heterocycles. The smallest absolute Gasteiger partial charge is 0.251 e. The second-order valence-electron chi connectivity index (χ2n) is 4.08. The van der Waals surface area contributed by atoms with Crippen molar-refractivity contribution < 1.29 is 0 Å². The maximum absolute atomic E-state index is 11.6. The highest BCUT2D eigenvalue weighted by Gasteiger charge is 2.10. The lowest BCUT2D eigenvalue weighted by molar-refractivity contribution is 0.815. The average molecular weight is 287 g/mol. The Morgan fingerprint density at radius 1 is 1.55 bits per heavy atom. The number of anilines is 1.